The molecular weight excluding hydrogens is 276 g/mol. The van der Waals surface area contributed by atoms with E-state index in [4.69, 9.17) is 11.6 Å². The zero-order valence-electron chi connectivity index (χ0n) is 10.7. The average Bonchev–Trinajstić information content (AvgIpc) is 2.82. The van der Waals surface area contributed by atoms with E-state index in [-0.39, 0.29) is 5.75 Å². The first-order chi connectivity index (χ1) is 9.65. The second-order valence-electron chi connectivity index (χ2n) is 4.32. The van der Waals surface area contributed by atoms with Gasteiger partial charge in [-0.15, -0.1) is 5.11 Å². The summed E-state index contributed by atoms with van der Waals surface area (Å²) in [6.45, 7) is 0. The van der Waals surface area contributed by atoms with Gasteiger partial charge in [0, 0.05) is 17.5 Å². The Labute approximate surface area is 120 Å². The molecule has 2 aromatic carbocycles. The van der Waals surface area contributed by atoms with Crippen LogP contribution in [0.3, 0.4) is 0 Å². The van der Waals surface area contributed by atoms with Crippen molar-refractivity contribution in [3.8, 4) is 5.75 Å². The van der Waals surface area contributed by atoms with E-state index in [0.717, 1.165) is 10.9 Å². The monoisotopic (exact) mass is 286 g/mol. The number of nitrogens with zero attached hydrogens (tertiary/aromatic N) is 4. The van der Waals surface area contributed by atoms with Crippen LogP contribution in [0.2, 0.25) is 5.02 Å². The quantitative estimate of drug-likeness (QED) is 0.712. The number of phenols is 1. The number of phenolic OH excluding ortho intramolecular Hbond substituents is 1. The van der Waals surface area contributed by atoms with Crippen LogP contribution in [0.25, 0.3) is 10.9 Å². The third-order valence-electron chi connectivity index (χ3n) is 2.95. The van der Waals surface area contributed by atoms with Crippen LogP contribution in [-0.2, 0) is 7.05 Å². The molecule has 0 aliphatic carbocycles. The maximum Gasteiger partial charge on any atom is 0.153 e. The Morgan fingerprint density at radius 1 is 1.10 bits per heavy atom. The van der Waals surface area contributed by atoms with Crippen LogP contribution in [-0.4, -0.2) is 14.9 Å². The molecule has 0 saturated carbocycles. The fraction of sp³-hybridized carbons (Fsp3) is 0.0714. The highest BCUT2D eigenvalue weighted by Crippen LogP contribution is 2.35. The van der Waals surface area contributed by atoms with Crippen molar-refractivity contribution in [2.24, 2.45) is 17.3 Å². The second kappa shape index (κ2) is 4.94. The van der Waals surface area contributed by atoms with Crippen LogP contribution in [0.1, 0.15) is 0 Å². The fourth-order valence-corrected chi connectivity index (χ4v) is 2.08. The summed E-state index contributed by atoms with van der Waals surface area (Å²) in [5.74, 6) is 0.0683. The molecule has 0 unspecified atom stereocenters. The number of aryl methyl sites for hydroxylation is 1. The zero-order valence-corrected chi connectivity index (χ0v) is 11.4. The molecule has 100 valence electrons. The molecular formula is C14H11ClN4O. The third-order valence-corrected chi connectivity index (χ3v) is 3.20. The minimum atomic E-state index is 0.0683. The first-order valence-electron chi connectivity index (χ1n) is 5.96. The second-order valence-corrected chi connectivity index (χ2v) is 4.75. The first-order valence-corrected chi connectivity index (χ1v) is 6.34. The molecule has 0 bridgehead atoms. The van der Waals surface area contributed by atoms with Gasteiger partial charge in [-0.3, -0.25) is 4.68 Å². The third kappa shape index (κ3) is 2.23. The Morgan fingerprint density at radius 2 is 1.85 bits per heavy atom. The maximum absolute atomic E-state index is 9.96. The smallest absolute Gasteiger partial charge is 0.153 e. The number of halogens is 1. The van der Waals surface area contributed by atoms with Crippen molar-refractivity contribution in [2.75, 3.05) is 0 Å². The van der Waals surface area contributed by atoms with Crippen molar-refractivity contribution < 1.29 is 5.11 Å². The fourth-order valence-electron chi connectivity index (χ4n) is 1.95. The molecule has 1 heterocycles. The highest BCUT2D eigenvalue weighted by atomic mass is 35.5. The molecule has 20 heavy (non-hydrogen) atoms. The predicted octanol–water partition coefficient (Wildman–Crippen LogP) is 4.35. The van der Waals surface area contributed by atoms with Crippen molar-refractivity contribution in [3.05, 3.63) is 47.6 Å². The molecule has 0 saturated heterocycles. The summed E-state index contributed by atoms with van der Waals surface area (Å²) in [5.41, 5.74) is 1.80. The Morgan fingerprint density at radius 3 is 2.60 bits per heavy atom. The van der Waals surface area contributed by atoms with Gasteiger partial charge in [-0.1, -0.05) is 11.6 Å². The van der Waals surface area contributed by atoms with Gasteiger partial charge in [-0.05, 0) is 36.4 Å². The van der Waals surface area contributed by atoms with E-state index >= 15 is 0 Å². The van der Waals surface area contributed by atoms with Crippen LogP contribution in [0, 0.1) is 0 Å². The van der Waals surface area contributed by atoms with Crippen molar-refractivity contribution in [2.45, 2.75) is 0 Å². The van der Waals surface area contributed by atoms with Gasteiger partial charge in [-0.2, -0.15) is 10.2 Å². The Hall–Kier alpha value is -2.40. The molecule has 0 aliphatic heterocycles. The first kappa shape index (κ1) is 12.6. The standard InChI is InChI=1S/C14H11ClN4O/c1-19-14-9(8-16-19)2-7-12(20)13(14)18-17-11-5-3-10(15)4-6-11/h2-8,20H,1H3. The van der Waals surface area contributed by atoms with Crippen LogP contribution in [0.4, 0.5) is 11.4 Å². The lowest BCUT2D eigenvalue weighted by Crippen LogP contribution is -1.89. The van der Waals surface area contributed by atoms with E-state index in [1.807, 2.05) is 0 Å². The van der Waals surface area contributed by atoms with Gasteiger partial charge in [0.2, 0.25) is 0 Å². The average molecular weight is 287 g/mol. The Kier molecular flexibility index (Phi) is 3.12. The number of hydrogen-bond donors (Lipinski definition) is 1. The van der Waals surface area contributed by atoms with Gasteiger partial charge in [0.15, 0.2) is 5.69 Å². The minimum absolute atomic E-state index is 0.0683. The molecule has 0 aliphatic rings. The highest BCUT2D eigenvalue weighted by molar-refractivity contribution is 6.30. The summed E-state index contributed by atoms with van der Waals surface area (Å²) in [4.78, 5) is 0. The number of azo groups is 1. The normalized spacial score (nSPS) is 11.5. The van der Waals surface area contributed by atoms with Gasteiger partial charge >= 0.3 is 0 Å². The predicted molar refractivity (Wildman–Crippen MR) is 78.0 cm³/mol. The topological polar surface area (TPSA) is 62.8 Å². The van der Waals surface area contributed by atoms with Crippen LogP contribution >= 0.6 is 11.6 Å². The molecule has 5 nitrogen and oxygen atoms in total. The summed E-state index contributed by atoms with van der Waals surface area (Å²) in [6, 6.07) is 10.4. The van der Waals surface area contributed by atoms with Crippen molar-refractivity contribution in [1.82, 2.24) is 9.78 Å². The summed E-state index contributed by atoms with van der Waals surface area (Å²) >= 11 is 5.81. The molecule has 0 radical (unpaired) electrons. The lowest BCUT2D eigenvalue weighted by Gasteiger charge is -2.02. The lowest BCUT2D eigenvalue weighted by molar-refractivity contribution is 0.477. The molecule has 0 fully saturated rings. The van der Waals surface area contributed by atoms with Gasteiger partial charge in [-0.25, -0.2) is 0 Å². The van der Waals surface area contributed by atoms with Crippen LogP contribution in [0.15, 0.2) is 52.8 Å². The van der Waals surface area contributed by atoms with Gasteiger partial charge in [0.1, 0.15) is 5.75 Å². The van der Waals surface area contributed by atoms with E-state index in [9.17, 15) is 5.11 Å². The Bertz CT molecular complexity index is 793. The molecule has 3 rings (SSSR count). The van der Waals surface area contributed by atoms with Crippen molar-refractivity contribution >= 4 is 33.9 Å². The molecule has 0 spiro atoms. The summed E-state index contributed by atoms with van der Waals surface area (Å²) in [7, 11) is 1.79. The van der Waals surface area contributed by atoms with E-state index in [0.29, 0.717) is 16.4 Å². The molecule has 6 heteroatoms. The molecule has 0 amide bonds. The van der Waals surface area contributed by atoms with Crippen LogP contribution in [0.5, 0.6) is 5.75 Å². The number of fused-ring (bicyclic) bond motifs is 1. The van der Waals surface area contributed by atoms with Crippen molar-refractivity contribution in [3.63, 3.8) is 0 Å². The number of aromatic nitrogens is 2. The molecule has 1 aromatic heterocycles. The molecule has 1 N–H and O–H groups in total. The van der Waals surface area contributed by atoms with E-state index < -0.39 is 0 Å². The summed E-state index contributed by atoms with van der Waals surface area (Å²) in [6.07, 6.45) is 1.72. The maximum atomic E-state index is 9.96. The highest BCUT2D eigenvalue weighted by Gasteiger charge is 2.10. The Balaban J connectivity index is 2.08. The largest absolute Gasteiger partial charge is 0.506 e. The number of benzene rings is 2. The number of aromatic hydroxyl groups is 1. The zero-order chi connectivity index (χ0) is 14.1. The molecule has 0 atom stereocenters. The minimum Gasteiger partial charge on any atom is -0.506 e. The number of rotatable bonds is 2. The molecule has 3 aromatic rings. The lowest BCUT2D eigenvalue weighted by atomic mass is 10.2. The number of hydrogen-bond acceptors (Lipinski definition) is 4. The summed E-state index contributed by atoms with van der Waals surface area (Å²) in [5, 5.41) is 23.9. The summed E-state index contributed by atoms with van der Waals surface area (Å²) < 4.78 is 1.66. The van der Waals surface area contributed by atoms with Crippen LogP contribution < -0.4 is 0 Å². The van der Waals surface area contributed by atoms with E-state index in [2.05, 4.69) is 15.3 Å². The van der Waals surface area contributed by atoms with E-state index in [1.54, 1.807) is 54.3 Å². The SMILES string of the molecule is Cn1ncc2ccc(O)c(N=Nc3ccc(Cl)cc3)c21. The van der Waals surface area contributed by atoms with Gasteiger partial charge in [0.05, 0.1) is 17.4 Å². The van der Waals surface area contributed by atoms with Gasteiger partial charge in [0.25, 0.3) is 0 Å². The van der Waals surface area contributed by atoms with Crippen molar-refractivity contribution in [1.29, 1.82) is 0 Å². The van der Waals surface area contributed by atoms with E-state index in [1.165, 1.54) is 0 Å². The van der Waals surface area contributed by atoms with Gasteiger partial charge < -0.3 is 5.11 Å².